The summed E-state index contributed by atoms with van der Waals surface area (Å²) in [7, 11) is 1.63. The number of para-hydroxylation sites is 1. The van der Waals surface area contributed by atoms with Crippen LogP contribution in [0.1, 0.15) is 18.9 Å². The molecule has 1 amide bonds. The van der Waals surface area contributed by atoms with Gasteiger partial charge < -0.3 is 14.6 Å². The van der Waals surface area contributed by atoms with E-state index in [2.05, 4.69) is 27.6 Å². The number of ether oxygens (including phenoxy) is 1. The Bertz CT molecular complexity index is 1260. The fraction of sp³-hybridized carbons (Fsp3) is 0.222. The molecule has 4 aromatic rings. The van der Waals surface area contributed by atoms with Gasteiger partial charge in [0.25, 0.3) is 0 Å². The summed E-state index contributed by atoms with van der Waals surface area (Å²) in [6.45, 7) is 2.59. The molecule has 0 bridgehead atoms. The molecule has 8 heteroatoms. The molecule has 0 aliphatic rings. The zero-order valence-electron chi connectivity index (χ0n) is 19.6. The number of amides is 1. The third-order valence-electron chi connectivity index (χ3n) is 5.55. The zero-order valence-corrected chi connectivity index (χ0v) is 20.5. The second kappa shape index (κ2) is 11.7. The van der Waals surface area contributed by atoms with E-state index in [1.54, 1.807) is 19.2 Å². The van der Waals surface area contributed by atoms with Crippen molar-refractivity contribution in [1.82, 2.24) is 14.8 Å². The Labute approximate surface area is 208 Å². The van der Waals surface area contributed by atoms with Gasteiger partial charge in [-0.2, -0.15) is 0 Å². The van der Waals surface area contributed by atoms with Gasteiger partial charge in [-0.05, 0) is 54.8 Å². The van der Waals surface area contributed by atoms with Crippen molar-refractivity contribution in [3.63, 3.8) is 0 Å². The molecule has 0 aliphatic carbocycles. The first-order chi connectivity index (χ1) is 17.1. The van der Waals surface area contributed by atoms with Gasteiger partial charge in [-0.1, -0.05) is 61.2 Å². The average molecular weight is 491 g/mol. The highest BCUT2D eigenvalue weighted by molar-refractivity contribution is 8.00. The van der Waals surface area contributed by atoms with E-state index in [0.29, 0.717) is 35.4 Å². The maximum Gasteiger partial charge on any atom is 0.237 e. The van der Waals surface area contributed by atoms with E-state index in [-0.39, 0.29) is 11.7 Å². The van der Waals surface area contributed by atoms with Crippen LogP contribution in [0.15, 0.2) is 84.0 Å². The van der Waals surface area contributed by atoms with Crippen LogP contribution in [-0.4, -0.2) is 33.0 Å². The van der Waals surface area contributed by atoms with E-state index in [1.165, 1.54) is 29.5 Å². The first kappa shape index (κ1) is 24.5. The lowest BCUT2D eigenvalue weighted by Crippen LogP contribution is -2.25. The van der Waals surface area contributed by atoms with Crippen molar-refractivity contribution >= 4 is 23.4 Å². The Morgan fingerprint density at radius 1 is 1.03 bits per heavy atom. The van der Waals surface area contributed by atoms with Gasteiger partial charge in [0.05, 0.1) is 17.9 Å². The van der Waals surface area contributed by atoms with E-state index in [4.69, 9.17) is 4.74 Å². The molecule has 3 aromatic carbocycles. The number of rotatable bonds is 10. The predicted octanol–water partition coefficient (Wildman–Crippen LogP) is 5.84. The summed E-state index contributed by atoms with van der Waals surface area (Å²) in [5, 5.41) is 12.1. The number of nitrogens with zero attached hydrogens (tertiary/aromatic N) is 3. The average Bonchev–Trinajstić information content (AvgIpc) is 3.29. The maximum absolute atomic E-state index is 13.2. The number of benzene rings is 3. The van der Waals surface area contributed by atoms with E-state index < -0.39 is 5.25 Å². The van der Waals surface area contributed by atoms with E-state index in [9.17, 15) is 9.18 Å². The quantitative estimate of drug-likeness (QED) is 0.283. The topological polar surface area (TPSA) is 69.0 Å². The molecule has 180 valence electrons. The molecular formula is C27H27FN4O2S. The number of carbonyl (C=O) groups is 1. The predicted molar refractivity (Wildman–Crippen MR) is 137 cm³/mol. The van der Waals surface area contributed by atoms with Crippen LogP contribution in [0, 0.1) is 5.82 Å². The van der Waals surface area contributed by atoms with E-state index in [1.807, 2.05) is 54.0 Å². The first-order valence-corrected chi connectivity index (χ1v) is 12.3. The SMILES string of the molecule is CCC(Sc1nnc(-c2ccccc2OC)n1CCc1ccccc1)C(=O)Nc1ccc(F)cc1. The van der Waals surface area contributed by atoms with E-state index >= 15 is 0 Å². The fourth-order valence-electron chi connectivity index (χ4n) is 3.70. The number of carbonyl (C=O) groups excluding carboxylic acids is 1. The van der Waals surface area contributed by atoms with Crippen molar-refractivity contribution in [1.29, 1.82) is 0 Å². The monoisotopic (exact) mass is 490 g/mol. The minimum Gasteiger partial charge on any atom is -0.496 e. The molecule has 1 N–H and O–H groups in total. The first-order valence-electron chi connectivity index (χ1n) is 11.4. The highest BCUT2D eigenvalue weighted by atomic mass is 32.2. The fourth-order valence-corrected chi connectivity index (χ4v) is 4.68. The summed E-state index contributed by atoms with van der Waals surface area (Å²) in [5.74, 6) is 0.883. The van der Waals surface area contributed by atoms with Gasteiger partial charge in [0.2, 0.25) is 5.91 Å². The number of thioether (sulfide) groups is 1. The summed E-state index contributed by atoms with van der Waals surface area (Å²) in [4.78, 5) is 13.0. The van der Waals surface area contributed by atoms with Crippen LogP contribution in [0.4, 0.5) is 10.1 Å². The van der Waals surface area contributed by atoms with Crippen LogP contribution in [-0.2, 0) is 17.8 Å². The number of halogens is 1. The third-order valence-corrected chi connectivity index (χ3v) is 6.90. The minimum absolute atomic E-state index is 0.166. The van der Waals surface area contributed by atoms with Gasteiger partial charge in [-0.15, -0.1) is 10.2 Å². The van der Waals surface area contributed by atoms with Crippen LogP contribution >= 0.6 is 11.8 Å². The summed E-state index contributed by atoms with van der Waals surface area (Å²) in [5.41, 5.74) is 2.59. The maximum atomic E-state index is 13.2. The number of nitrogens with one attached hydrogen (secondary N) is 1. The molecule has 0 saturated carbocycles. The van der Waals surface area contributed by atoms with Gasteiger partial charge >= 0.3 is 0 Å². The molecule has 35 heavy (non-hydrogen) atoms. The number of methoxy groups -OCH3 is 1. The van der Waals surface area contributed by atoms with Crippen molar-refractivity contribution < 1.29 is 13.9 Å². The number of aromatic nitrogens is 3. The van der Waals surface area contributed by atoms with Gasteiger partial charge in [-0.25, -0.2) is 4.39 Å². The second-order valence-electron chi connectivity index (χ2n) is 7.90. The lowest BCUT2D eigenvalue weighted by Gasteiger charge is -2.16. The highest BCUT2D eigenvalue weighted by Crippen LogP contribution is 2.33. The van der Waals surface area contributed by atoms with Crippen LogP contribution in [0.5, 0.6) is 5.75 Å². The molecule has 0 radical (unpaired) electrons. The summed E-state index contributed by atoms with van der Waals surface area (Å²) < 4.78 is 20.8. The standard InChI is InChI=1S/C27H27FN4O2S/c1-3-24(26(33)29-21-15-13-20(28)14-16-21)35-27-31-30-25(22-11-7-8-12-23(22)34-2)32(27)18-17-19-9-5-4-6-10-19/h4-16,24H,3,17-18H2,1-2H3,(H,29,33). The van der Waals surface area contributed by atoms with Gasteiger partial charge in [0.1, 0.15) is 11.6 Å². The van der Waals surface area contributed by atoms with Crippen LogP contribution in [0.25, 0.3) is 11.4 Å². The summed E-state index contributed by atoms with van der Waals surface area (Å²) in [6, 6.07) is 23.6. The van der Waals surface area contributed by atoms with Gasteiger partial charge in [-0.3, -0.25) is 4.79 Å². The Morgan fingerprint density at radius 2 is 1.74 bits per heavy atom. The summed E-state index contributed by atoms with van der Waals surface area (Å²) in [6.07, 6.45) is 1.38. The molecule has 0 spiro atoms. The number of hydrogen-bond acceptors (Lipinski definition) is 5. The Kier molecular flexibility index (Phi) is 8.15. The molecule has 1 atom stereocenters. The molecule has 4 rings (SSSR count). The molecule has 1 aromatic heterocycles. The number of aryl methyl sites for hydroxylation is 1. The van der Waals surface area contributed by atoms with Gasteiger partial charge in [0, 0.05) is 12.2 Å². The van der Waals surface area contributed by atoms with Crippen molar-refractivity contribution in [2.75, 3.05) is 12.4 Å². The highest BCUT2D eigenvalue weighted by Gasteiger charge is 2.24. The van der Waals surface area contributed by atoms with Crippen LogP contribution < -0.4 is 10.1 Å². The van der Waals surface area contributed by atoms with Crippen molar-refractivity contribution in [2.45, 2.75) is 36.7 Å². The Balaban J connectivity index is 1.61. The molecular weight excluding hydrogens is 463 g/mol. The molecule has 0 saturated heterocycles. The molecule has 1 unspecified atom stereocenters. The number of anilines is 1. The molecule has 1 heterocycles. The lowest BCUT2D eigenvalue weighted by atomic mass is 10.1. The molecule has 0 aliphatic heterocycles. The minimum atomic E-state index is -0.398. The van der Waals surface area contributed by atoms with Gasteiger partial charge in [0.15, 0.2) is 11.0 Å². The largest absolute Gasteiger partial charge is 0.496 e. The molecule has 0 fully saturated rings. The smallest absolute Gasteiger partial charge is 0.237 e. The van der Waals surface area contributed by atoms with E-state index in [0.717, 1.165) is 12.0 Å². The lowest BCUT2D eigenvalue weighted by molar-refractivity contribution is -0.115. The normalized spacial score (nSPS) is 11.7. The molecule has 6 nitrogen and oxygen atoms in total. The second-order valence-corrected chi connectivity index (χ2v) is 9.07. The van der Waals surface area contributed by atoms with Crippen molar-refractivity contribution in [3.05, 3.63) is 90.2 Å². The Morgan fingerprint density at radius 3 is 2.46 bits per heavy atom. The van der Waals surface area contributed by atoms with Crippen molar-refractivity contribution in [2.24, 2.45) is 0 Å². The Hall–Kier alpha value is -3.65. The zero-order chi connectivity index (χ0) is 24.6. The van der Waals surface area contributed by atoms with Crippen LogP contribution in [0.3, 0.4) is 0 Å². The summed E-state index contributed by atoms with van der Waals surface area (Å²) >= 11 is 1.37. The number of hydrogen-bond donors (Lipinski definition) is 1. The van der Waals surface area contributed by atoms with Crippen molar-refractivity contribution in [3.8, 4) is 17.1 Å². The third kappa shape index (κ3) is 6.08. The van der Waals surface area contributed by atoms with Crippen LogP contribution in [0.2, 0.25) is 0 Å².